The van der Waals surface area contributed by atoms with Crippen LogP contribution in [0.2, 0.25) is 0 Å². The number of aromatic nitrogens is 1. The molecule has 0 spiro atoms. The highest BCUT2D eigenvalue weighted by molar-refractivity contribution is 7.85. The maximum absolute atomic E-state index is 12.6. The Morgan fingerprint density at radius 3 is 2.69 bits per heavy atom. The minimum absolute atomic E-state index is 0.0742. The van der Waals surface area contributed by atoms with Gasteiger partial charge in [-0.2, -0.15) is 8.42 Å². The van der Waals surface area contributed by atoms with Gasteiger partial charge in [0.1, 0.15) is 17.3 Å². The Balaban J connectivity index is 3.24. The molecule has 0 aliphatic carbocycles. The summed E-state index contributed by atoms with van der Waals surface area (Å²) in [6, 6.07) is 0. The third-order valence-electron chi connectivity index (χ3n) is 1.84. The second-order valence-electron chi connectivity index (χ2n) is 2.84. The van der Waals surface area contributed by atoms with Crippen molar-refractivity contribution in [3.05, 3.63) is 17.5 Å². The summed E-state index contributed by atoms with van der Waals surface area (Å²) < 4.78 is 47.6. The van der Waals surface area contributed by atoms with Gasteiger partial charge in [-0.1, -0.05) is 0 Å². The minimum Gasteiger partial charge on any atom is -0.461 e. The van der Waals surface area contributed by atoms with E-state index in [9.17, 15) is 17.6 Å². The van der Waals surface area contributed by atoms with Crippen LogP contribution in [0.15, 0.2) is 11.1 Å². The van der Waals surface area contributed by atoms with Crippen LogP contribution in [0.5, 0.6) is 0 Å². The smallest absolute Gasteiger partial charge is 0.355 e. The zero-order chi connectivity index (χ0) is 12.3. The number of H-pyrrole nitrogens is 1. The second-order valence-corrected chi connectivity index (χ2v) is 4.23. The maximum Gasteiger partial charge on any atom is 0.355 e. The van der Waals surface area contributed by atoms with E-state index in [-0.39, 0.29) is 12.3 Å². The topological polar surface area (TPSA) is 96.5 Å². The van der Waals surface area contributed by atoms with Gasteiger partial charge in [-0.3, -0.25) is 4.55 Å². The Bertz CT molecular complexity index is 493. The second kappa shape index (κ2) is 4.62. The van der Waals surface area contributed by atoms with Crippen molar-refractivity contribution in [2.24, 2.45) is 0 Å². The van der Waals surface area contributed by atoms with Gasteiger partial charge in [0.05, 0.1) is 6.61 Å². The van der Waals surface area contributed by atoms with Crippen LogP contribution in [0, 0.1) is 0 Å². The van der Waals surface area contributed by atoms with E-state index in [0.29, 0.717) is 0 Å². The minimum atomic E-state index is -4.55. The summed E-state index contributed by atoms with van der Waals surface area (Å²) in [7, 11) is -4.55. The number of esters is 1. The summed E-state index contributed by atoms with van der Waals surface area (Å²) in [6.45, 7) is 0.428. The highest BCUT2D eigenvalue weighted by atomic mass is 32.2. The SMILES string of the molecule is CCOC(=O)c1[nH]cc(S(=O)(=O)O)c1CF. The van der Waals surface area contributed by atoms with Crippen molar-refractivity contribution >= 4 is 16.1 Å². The van der Waals surface area contributed by atoms with Gasteiger partial charge in [0.15, 0.2) is 0 Å². The van der Waals surface area contributed by atoms with E-state index in [1.165, 1.54) is 0 Å². The fourth-order valence-corrected chi connectivity index (χ4v) is 1.86. The third-order valence-corrected chi connectivity index (χ3v) is 2.76. The van der Waals surface area contributed by atoms with Crippen molar-refractivity contribution in [3.8, 4) is 0 Å². The molecule has 16 heavy (non-hydrogen) atoms. The van der Waals surface area contributed by atoms with E-state index < -0.39 is 33.2 Å². The van der Waals surface area contributed by atoms with E-state index >= 15 is 0 Å². The number of ether oxygens (including phenoxy) is 1. The maximum atomic E-state index is 12.6. The van der Waals surface area contributed by atoms with Crippen LogP contribution in [0.25, 0.3) is 0 Å². The summed E-state index contributed by atoms with van der Waals surface area (Å²) in [5.41, 5.74) is -0.738. The summed E-state index contributed by atoms with van der Waals surface area (Å²) in [4.78, 5) is 12.9. The highest BCUT2D eigenvalue weighted by Crippen LogP contribution is 2.21. The number of halogens is 1. The van der Waals surface area contributed by atoms with E-state index in [2.05, 4.69) is 9.72 Å². The Morgan fingerprint density at radius 1 is 1.62 bits per heavy atom. The van der Waals surface area contributed by atoms with Crippen LogP contribution in [-0.4, -0.2) is 30.5 Å². The highest BCUT2D eigenvalue weighted by Gasteiger charge is 2.24. The molecule has 1 aromatic heterocycles. The average Bonchev–Trinajstić information content (AvgIpc) is 2.60. The lowest BCUT2D eigenvalue weighted by Crippen LogP contribution is -2.08. The molecule has 0 atom stereocenters. The summed E-state index contributed by atoms with van der Waals surface area (Å²) in [5.74, 6) is -0.870. The van der Waals surface area contributed by atoms with Crippen LogP contribution in [0.1, 0.15) is 23.0 Å². The molecule has 6 nitrogen and oxygen atoms in total. The first kappa shape index (κ1) is 12.7. The summed E-state index contributed by atoms with van der Waals surface area (Å²) in [6.07, 6.45) is 0.844. The van der Waals surface area contributed by atoms with Crippen molar-refractivity contribution in [3.63, 3.8) is 0 Å². The molecule has 0 saturated heterocycles. The monoisotopic (exact) mass is 251 g/mol. The molecule has 0 amide bonds. The van der Waals surface area contributed by atoms with E-state index in [0.717, 1.165) is 6.20 Å². The van der Waals surface area contributed by atoms with Gasteiger partial charge >= 0.3 is 5.97 Å². The molecule has 90 valence electrons. The molecular formula is C8H10FNO5S. The number of rotatable bonds is 4. The first-order valence-corrected chi connectivity index (χ1v) is 5.76. The first-order chi connectivity index (χ1) is 7.41. The van der Waals surface area contributed by atoms with Crippen molar-refractivity contribution in [2.75, 3.05) is 6.61 Å². The summed E-state index contributed by atoms with van der Waals surface area (Å²) >= 11 is 0. The molecule has 0 fully saturated rings. The van der Waals surface area contributed by atoms with Gasteiger partial charge < -0.3 is 9.72 Å². The molecule has 0 aromatic carbocycles. The molecule has 0 unspecified atom stereocenters. The molecule has 0 aliphatic rings. The lowest BCUT2D eigenvalue weighted by Gasteiger charge is -2.01. The Hall–Kier alpha value is -1.41. The van der Waals surface area contributed by atoms with Crippen LogP contribution in [0.3, 0.4) is 0 Å². The zero-order valence-electron chi connectivity index (χ0n) is 8.36. The number of alkyl halides is 1. The average molecular weight is 251 g/mol. The van der Waals surface area contributed by atoms with Crippen molar-refractivity contribution < 1.29 is 26.9 Å². The molecule has 0 saturated carbocycles. The molecule has 0 radical (unpaired) electrons. The van der Waals surface area contributed by atoms with Crippen LogP contribution >= 0.6 is 0 Å². The molecule has 8 heteroatoms. The molecule has 1 rings (SSSR count). The number of aromatic amines is 1. The first-order valence-electron chi connectivity index (χ1n) is 4.32. The summed E-state index contributed by atoms with van der Waals surface area (Å²) in [5, 5.41) is 0. The molecule has 1 heterocycles. The predicted molar refractivity (Wildman–Crippen MR) is 51.4 cm³/mol. The molecular weight excluding hydrogens is 241 g/mol. The molecule has 0 bridgehead atoms. The Morgan fingerprint density at radius 2 is 2.25 bits per heavy atom. The normalized spacial score (nSPS) is 11.4. The number of carbonyl (C=O) groups excluding carboxylic acids is 1. The van der Waals surface area contributed by atoms with E-state index in [4.69, 9.17) is 4.55 Å². The van der Waals surface area contributed by atoms with Gasteiger partial charge in [0.2, 0.25) is 0 Å². The van der Waals surface area contributed by atoms with Gasteiger partial charge in [-0.05, 0) is 6.92 Å². The standard InChI is InChI=1S/C8H10FNO5S/c1-2-15-8(11)7-5(3-9)6(4-10-7)16(12,13)14/h4,10H,2-3H2,1H3,(H,12,13,14). The van der Waals surface area contributed by atoms with Gasteiger partial charge in [-0.25, -0.2) is 9.18 Å². The Labute approximate surface area is 91.2 Å². The van der Waals surface area contributed by atoms with Crippen LogP contribution in [-0.2, 0) is 21.5 Å². The van der Waals surface area contributed by atoms with Crippen LogP contribution in [0.4, 0.5) is 4.39 Å². The number of carbonyl (C=O) groups is 1. The molecule has 0 aliphatic heterocycles. The largest absolute Gasteiger partial charge is 0.461 e. The quantitative estimate of drug-likeness (QED) is 0.612. The van der Waals surface area contributed by atoms with Crippen molar-refractivity contribution in [1.29, 1.82) is 0 Å². The molecule has 2 N–H and O–H groups in total. The Kier molecular flexibility index (Phi) is 3.66. The van der Waals surface area contributed by atoms with E-state index in [1.807, 2.05) is 0 Å². The predicted octanol–water partition coefficient (Wildman–Crippen LogP) is 0.908. The number of nitrogens with one attached hydrogen (secondary N) is 1. The van der Waals surface area contributed by atoms with Crippen LogP contribution < -0.4 is 0 Å². The fraction of sp³-hybridized carbons (Fsp3) is 0.375. The van der Waals surface area contributed by atoms with E-state index in [1.54, 1.807) is 6.92 Å². The third kappa shape index (κ3) is 2.39. The zero-order valence-corrected chi connectivity index (χ0v) is 9.17. The molecule has 1 aromatic rings. The van der Waals surface area contributed by atoms with Gasteiger partial charge in [-0.15, -0.1) is 0 Å². The van der Waals surface area contributed by atoms with Gasteiger partial charge in [0.25, 0.3) is 10.1 Å². The number of hydrogen-bond donors (Lipinski definition) is 2. The lowest BCUT2D eigenvalue weighted by molar-refractivity contribution is 0.0518. The lowest BCUT2D eigenvalue weighted by atomic mass is 10.2. The van der Waals surface area contributed by atoms with Gasteiger partial charge in [0, 0.05) is 11.8 Å². The number of hydrogen-bond acceptors (Lipinski definition) is 4. The van der Waals surface area contributed by atoms with Crippen molar-refractivity contribution in [2.45, 2.75) is 18.5 Å². The fourth-order valence-electron chi connectivity index (χ4n) is 1.18. The van der Waals surface area contributed by atoms with Crippen molar-refractivity contribution in [1.82, 2.24) is 4.98 Å².